The number of rotatable bonds is 2. The van der Waals surface area contributed by atoms with E-state index in [0.29, 0.717) is 6.54 Å². The first kappa shape index (κ1) is 15.0. The van der Waals surface area contributed by atoms with Crippen molar-refractivity contribution < 1.29 is 9.53 Å². The van der Waals surface area contributed by atoms with Crippen LogP contribution in [0.15, 0.2) is 24.3 Å². The fraction of sp³-hybridized carbons (Fsp3) is 0.500. The van der Waals surface area contributed by atoms with Gasteiger partial charge in [0, 0.05) is 6.54 Å². The topological polar surface area (TPSA) is 38.3 Å². The summed E-state index contributed by atoms with van der Waals surface area (Å²) in [5.74, 6) is 0.116. The number of aryl methyl sites for hydroxylation is 1. The summed E-state index contributed by atoms with van der Waals surface area (Å²) in [6.45, 7) is 3.78. The van der Waals surface area contributed by atoms with Crippen molar-refractivity contribution in [3.05, 3.63) is 35.4 Å². The first-order valence-electron chi connectivity index (χ1n) is 6.08. The molecule has 0 radical (unpaired) electrons. The van der Waals surface area contributed by atoms with Gasteiger partial charge in [-0.15, -0.1) is 12.4 Å². The van der Waals surface area contributed by atoms with Gasteiger partial charge in [0.1, 0.15) is 0 Å². The van der Waals surface area contributed by atoms with E-state index in [1.807, 2.05) is 12.1 Å². The van der Waals surface area contributed by atoms with Crippen molar-refractivity contribution in [3.8, 4) is 0 Å². The first-order chi connectivity index (χ1) is 8.24. The average molecular weight is 270 g/mol. The van der Waals surface area contributed by atoms with Crippen LogP contribution in [0.2, 0.25) is 0 Å². The maximum absolute atomic E-state index is 11.8. The monoisotopic (exact) mass is 269 g/mol. The molecule has 2 rings (SSSR count). The van der Waals surface area contributed by atoms with Gasteiger partial charge in [0.05, 0.1) is 13.0 Å². The lowest BCUT2D eigenvalue weighted by molar-refractivity contribution is -0.146. The highest BCUT2D eigenvalue weighted by Crippen LogP contribution is 2.32. The maximum Gasteiger partial charge on any atom is 0.310 e. The Balaban J connectivity index is 0.00000162. The Kier molecular flexibility index (Phi) is 5.63. The molecule has 0 aromatic heterocycles. The summed E-state index contributed by atoms with van der Waals surface area (Å²) in [6, 6.07) is 8.30. The van der Waals surface area contributed by atoms with Gasteiger partial charge in [-0.3, -0.25) is 4.79 Å². The number of piperidine rings is 1. The summed E-state index contributed by atoms with van der Waals surface area (Å²) >= 11 is 0. The largest absolute Gasteiger partial charge is 0.469 e. The minimum absolute atomic E-state index is 0. The predicted molar refractivity (Wildman–Crippen MR) is 74.2 cm³/mol. The highest BCUT2D eigenvalue weighted by Gasteiger charge is 2.33. The van der Waals surface area contributed by atoms with Gasteiger partial charge in [0.2, 0.25) is 0 Å². The van der Waals surface area contributed by atoms with Crippen molar-refractivity contribution in [2.24, 2.45) is 5.92 Å². The Morgan fingerprint density at radius 3 is 2.78 bits per heavy atom. The molecule has 0 amide bonds. The van der Waals surface area contributed by atoms with Crippen LogP contribution in [0.4, 0.5) is 0 Å². The van der Waals surface area contributed by atoms with E-state index in [1.165, 1.54) is 18.2 Å². The summed E-state index contributed by atoms with van der Waals surface area (Å²) < 4.78 is 4.90. The molecule has 2 atom stereocenters. The molecule has 1 saturated heterocycles. The lowest BCUT2D eigenvalue weighted by Crippen LogP contribution is -2.40. The van der Waals surface area contributed by atoms with Gasteiger partial charge >= 0.3 is 5.97 Å². The SMILES string of the molecule is COC(=O)C1CNCCC1c1ccccc1C.Cl. The second-order valence-corrected chi connectivity index (χ2v) is 4.59. The summed E-state index contributed by atoms with van der Waals surface area (Å²) in [4.78, 5) is 11.8. The van der Waals surface area contributed by atoms with E-state index in [9.17, 15) is 4.79 Å². The zero-order valence-electron chi connectivity index (χ0n) is 10.8. The molecule has 4 heteroatoms. The van der Waals surface area contributed by atoms with E-state index in [4.69, 9.17) is 4.74 Å². The summed E-state index contributed by atoms with van der Waals surface area (Å²) in [5.41, 5.74) is 2.54. The fourth-order valence-corrected chi connectivity index (χ4v) is 2.63. The van der Waals surface area contributed by atoms with E-state index >= 15 is 0 Å². The smallest absolute Gasteiger partial charge is 0.310 e. The molecule has 1 heterocycles. The summed E-state index contributed by atoms with van der Waals surface area (Å²) in [7, 11) is 1.46. The quantitative estimate of drug-likeness (QED) is 0.837. The number of benzene rings is 1. The molecule has 2 unspecified atom stereocenters. The van der Waals surface area contributed by atoms with Gasteiger partial charge in [-0.05, 0) is 36.9 Å². The lowest BCUT2D eigenvalue weighted by Gasteiger charge is -2.31. The van der Waals surface area contributed by atoms with E-state index in [2.05, 4.69) is 24.4 Å². The third kappa shape index (κ3) is 3.03. The first-order valence-corrected chi connectivity index (χ1v) is 6.08. The van der Waals surface area contributed by atoms with Crippen LogP contribution in [-0.2, 0) is 9.53 Å². The minimum Gasteiger partial charge on any atom is -0.469 e. The van der Waals surface area contributed by atoms with Crippen LogP contribution in [0.3, 0.4) is 0 Å². The molecule has 100 valence electrons. The Bertz CT molecular complexity index is 409. The molecular formula is C14H20ClNO2. The van der Waals surface area contributed by atoms with Gasteiger partial charge in [-0.1, -0.05) is 24.3 Å². The maximum atomic E-state index is 11.8. The van der Waals surface area contributed by atoms with Crippen LogP contribution < -0.4 is 5.32 Å². The summed E-state index contributed by atoms with van der Waals surface area (Å²) in [6.07, 6.45) is 0.991. The van der Waals surface area contributed by atoms with E-state index in [-0.39, 0.29) is 30.2 Å². The summed E-state index contributed by atoms with van der Waals surface area (Å²) in [5, 5.41) is 3.27. The van der Waals surface area contributed by atoms with Gasteiger partial charge in [-0.2, -0.15) is 0 Å². The van der Waals surface area contributed by atoms with Crippen LogP contribution in [0.5, 0.6) is 0 Å². The van der Waals surface area contributed by atoms with Crippen molar-refractivity contribution in [1.29, 1.82) is 0 Å². The Hall–Kier alpha value is -1.06. The van der Waals surface area contributed by atoms with Crippen molar-refractivity contribution in [2.75, 3.05) is 20.2 Å². The predicted octanol–water partition coefficient (Wildman–Crippen LogP) is 2.28. The lowest BCUT2D eigenvalue weighted by atomic mass is 9.79. The van der Waals surface area contributed by atoms with E-state index in [1.54, 1.807) is 0 Å². The molecule has 0 saturated carbocycles. The molecule has 1 aliphatic heterocycles. The molecule has 1 fully saturated rings. The Labute approximate surface area is 114 Å². The average Bonchev–Trinajstić information content (AvgIpc) is 2.38. The number of hydrogen-bond acceptors (Lipinski definition) is 3. The molecule has 1 aliphatic rings. The van der Waals surface area contributed by atoms with Crippen molar-refractivity contribution in [2.45, 2.75) is 19.3 Å². The highest BCUT2D eigenvalue weighted by atomic mass is 35.5. The number of esters is 1. The van der Waals surface area contributed by atoms with Gasteiger partial charge in [0.15, 0.2) is 0 Å². The molecule has 3 nitrogen and oxygen atoms in total. The van der Waals surface area contributed by atoms with Gasteiger partial charge < -0.3 is 10.1 Å². The van der Waals surface area contributed by atoms with E-state index in [0.717, 1.165) is 13.0 Å². The van der Waals surface area contributed by atoms with Crippen LogP contribution in [0.25, 0.3) is 0 Å². The molecule has 0 bridgehead atoms. The van der Waals surface area contributed by atoms with Crippen molar-refractivity contribution in [3.63, 3.8) is 0 Å². The molecule has 1 aromatic rings. The highest BCUT2D eigenvalue weighted by molar-refractivity contribution is 5.85. The van der Waals surface area contributed by atoms with Gasteiger partial charge in [-0.25, -0.2) is 0 Å². The second-order valence-electron chi connectivity index (χ2n) is 4.59. The third-order valence-electron chi connectivity index (χ3n) is 3.57. The number of carbonyl (C=O) groups is 1. The Morgan fingerprint density at radius 2 is 2.11 bits per heavy atom. The van der Waals surface area contributed by atoms with Crippen molar-refractivity contribution in [1.82, 2.24) is 5.32 Å². The normalized spacial score (nSPS) is 23.0. The second kappa shape index (κ2) is 6.76. The van der Waals surface area contributed by atoms with Crippen LogP contribution in [-0.4, -0.2) is 26.2 Å². The molecule has 0 spiro atoms. The zero-order valence-corrected chi connectivity index (χ0v) is 11.6. The number of hydrogen-bond donors (Lipinski definition) is 1. The fourth-order valence-electron chi connectivity index (χ4n) is 2.63. The van der Waals surface area contributed by atoms with Crippen LogP contribution >= 0.6 is 12.4 Å². The molecule has 1 N–H and O–H groups in total. The number of nitrogens with one attached hydrogen (secondary N) is 1. The Morgan fingerprint density at radius 1 is 1.39 bits per heavy atom. The van der Waals surface area contributed by atoms with Gasteiger partial charge in [0.25, 0.3) is 0 Å². The van der Waals surface area contributed by atoms with E-state index < -0.39 is 0 Å². The van der Waals surface area contributed by atoms with Crippen LogP contribution in [0, 0.1) is 12.8 Å². The molecular weight excluding hydrogens is 250 g/mol. The standard InChI is InChI=1S/C14H19NO2.ClH/c1-10-5-3-4-6-11(10)12-7-8-15-9-13(12)14(16)17-2;/h3-6,12-13,15H,7-9H2,1-2H3;1H. The number of ether oxygens (including phenoxy) is 1. The molecule has 18 heavy (non-hydrogen) atoms. The van der Waals surface area contributed by atoms with Crippen molar-refractivity contribution >= 4 is 18.4 Å². The molecule has 0 aliphatic carbocycles. The number of halogens is 1. The molecule has 1 aromatic carbocycles. The number of methoxy groups -OCH3 is 1. The minimum atomic E-state index is -0.106. The zero-order chi connectivity index (χ0) is 12.3. The third-order valence-corrected chi connectivity index (χ3v) is 3.57. The number of carbonyl (C=O) groups excluding carboxylic acids is 1. The van der Waals surface area contributed by atoms with Crippen LogP contribution in [0.1, 0.15) is 23.5 Å².